The zero-order valence-electron chi connectivity index (χ0n) is 9.48. The molecule has 0 radical (unpaired) electrons. The van der Waals surface area contributed by atoms with Crippen LogP contribution in [0.4, 0.5) is 15.8 Å². The van der Waals surface area contributed by atoms with E-state index in [1.807, 2.05) is 0 Å². The van der Waals surface area contributed by atoms with Gasteiger partial charge in [-0.3, -0.25) is 4.72 Å². The lowest BCUT2D eigenvalue weighted by Gasteiger charge is -2.07. The van der Waals surface area contributed by atoms with E-state index in [4.69, 9.17) is 5.73 Å². The van der Waals surface area contributed by atoms with Crippen molar-refractivity contribution >= 4 is 32.7 Å². The molecule has 0 saturated heterocycles. The number of nitrogens with one attached hydrogen (secondary N) is 1. The van der Waals surface area contributed by atoms with Crippen molar-refractivity contribution in [2.24, 2.45) is 0 Å². The van der Waals surface area contributed by atoms with Crippen molar-refractivity contribution in [3.63, 3.8) is 0 Å². The number of anilines is 2. The molecule has 0 amide bonds. The third-order valence-electron chi connectivity index (χ3n) is 2.22. The minimum Gasteiger partial charge on any atom is -0.399 e. The van der Waals surface area contributed by atoms with Crippen molar-refractivity contribution in [1.29, 1.82) is 0 Å². The average molecular weight is 286 g/mol. The number of aryl methyl sites for hydroxylation is 1. The Morgan fingerprint density at radius 3 is 2.61 bits per heavy atom. The van der Waals surface area contributed by atoms with E-state index in [9.17, 15) is 12.8 Å². The molecular weight excluding hydrogens is 275 g/mol. The van der Waals surface area contributed by atoms with E-state index in [2.05, 4.69) is 4.72 Å². The molecule has 0 atom stereocenters. The Morgan fingerprint density at radius 2 is 2.00 bits per heavy atom. The van der Waals surface area contributed by atoms with E-state index in [1.165, 1.54) is 18.2 Å². The average Bonchev–Trinajstić information content (AvgIpc) is 2.71. The van der Waals surface area contributed by atoms with E-state index in [-0.39, 0.29) is 15.6 Å². The molecule has 0 saturated carbocycles. The summed E-state index contributed by atoms with van der Waals surface area (Å²) in [6.45, 7) is 1.80. The van der Waals surface area contributed by atoms with Gasteiger partial charge >= 0.3 is 0 Å². The van der Waals surface area contributed by atoms with Gasteiger partial charge in [0.15, 0.2) is 0 Å². The third kappa shape index (κ3) is 2.62. The normalized spacial score (nSPS) is 11.4. The topological polar surface area (TPSA) is 72.2 Å². The van der Waals surface area contributed by atoms with Gasteiger partial charge in [0.25, 0.3) is 10.0 Å². The predicted molar refractivity (Wildman–Crippen MR) is 70.7 cm³/mol. The molecule has 2 rings (SSSR count). The van der Waals surface area contributed by atoms with Crippen LogP contribution in [-0.4, -0.2) is 8.42 Å². The molecule has 1 aromatic carbocycles. The maximum Gasteiger partial charge on any atom is 0.271 e. The number of rotatable bonds is 3. The Kier molecular flexibility index (Phi) is 3.27. The first-order valence-corrected chi connectivity index (χ1v) is 7.33. The molecule has 1 heterocycles. The Balaban J connectivity index is 2.36. The van der Waals surface area contributed by atoms with Gasteiger partial charge in [0, 0.05) is 10.6 Å². The highest BCUT2D eigenvalue weighted by molar-refractivity contribution is 7.94. The van der Waals surface area contributed by atoms with Gasteiger partial charge < -0.3 is 5.73 Å². The molecular formula is C11H11FN2O2S2. The number of nitrogen functional groups attached to an aromatic ring is 1. The Morgan fingerprint density at radius 1 is 1.28 bits per heavy atom. The number of thiophene rings is 1. The van der Waals surface area contributed by atoms with Gasteiger partial charge in [-0.05, 0) is 37.3 Å². The van der Waals surface area contributed by atoms with Crippen molar-refractivity contribution in [3.8, 4) is 0 Å². The summed E-state index contributed by atoms with van der Waals surface area (Å²) in [6.07, 6.45) is 0. The van der Waals surface area contributed by atoms with Crippen LogP contribution in [-0.2, 0) is 10.0 Å². The molecule has 0 fully saturated rings. The second-order valence-corrected chi connectivity index (χ2v) is 6.91. The van der Waals surface area contributed by atoms with Crippen LogP contribution >= 0.6 is 11.3 Å². The monoisotopic (exact) mass is 286 g/mol. The molecule has 2 aromatic rings. The first kappa shape index (κ1) is 12.8. The van der Waals surface area contributed by atoms with Crippen LogP contribution in [0.15, 0.2) is 34.5 Å². The molecule has 0 bridgehead atoms. The lowest BCUT2D eigenvalue weighted by molar-refractivity contribution is 0.600. The van der Waals surface area contributed by atoms with Crippen LogP contribution in [0, 0.1) is 12.7 Å². The van der Waals surface area contributed by atoms with E-state index in [1.54, 1.807) is 13.0 Å². The molecule has 1 aromatic heterocycles. The lowest BCUT2D eigenvalue weighted by Crippen LogP contribution is -2.12. The fourth-order valence-corrected chi connectivity index (χ4v) is 3.71. The summed E-state index contributed by atoms with van der Waals surface area (Å²) in [5.41, 5.74) is 5.63. The second-order valence-electron chi connectivity index (χ2n) is 3.71. The molecule has 0 aliphatic rings. The van der Waals surface area contributed by atoms with E-state index < -0.39 is 15.8 Å². The standard InChI is InChI=1S/C11H11FN2O2S2/c1-7-2-5-11(17-7)18(15,16)14-10-6-8(13)3-4-9(10)12/h2-6,14H,13H2,1H3. The summed E-state index contributed by atoms with van der Waals surface area (Å²) in [7, 11) is -3.76. The van der Waals surface area contributed by atoms with Crippen molar-refractivity contribution < 1.29 is 12.8 Å². The number of benzene rings is 1. The zero-order valence-corrected chi connectivity index (χ0v) is 11.1. The molecule has 0 aliphatic carbocycles. The largest absolute Gasteiger partial charge is 0.399 e. The summed E-state index contributed by atoms with van der Waals surface area (Å²) < 4.78 is 39.7. The maximum atomic E-state index is 13.4. The van der Waals surface area contributed by atoms with E-state index in [0.29, 0.717) is 0 Å². The van der Waals surface area contributed by atoms with Crippen molar-refractivity contribution in [2.75, 3.05) is 10.5 Å². The Labute approximate surface area is 108 Å². The summed E-state index contributed by atoms with van der Waals surface area (Å²) in [5, 5.41) is 0. The molecule has 96 valence electrons. The minimum absolute atomic E-state index is 0.141. The van der Waals surface area contributed by atoms with Crippen LogP contribution in [0.5, 0.6) is 0 Å². The first-order valence-electron chi connectivity index (χ1n) is 5.03. The van der Waals surface area contributed by atoms with Gasteiger partial charge in [-0.25, -0.2) is 12.8 Å². The highest BCUT2D eigenvalue weighted by atomic mass is 32.2. The number of halogens is 1. The molecule has 0 spiro atoms. The summed E-state index contributed by atoms with van der Waals surface area (Å²) in [4.78, 5) is 0.864. The van der Waals surface area contributed by atoms with Crippen molar-refractivity contribution in [3.05, 3.63) is 41.0 Å². The zero-order chi connectivity index (χ0) is 13.3. The van der Waals surface area contributed by atoms with E-state index in [0.717, 1.165) is 22.3 Å². The van der Waals surface area contributed by atoms with Gasteiger partial charge in [-0.2, -0.15) is 0 Å². The summed E-state index contributed by atoms with van der Waals surface area (Å²) in [5.74, 6) is -0.666. The van der Waals surface area contributed by atoms with Crippen LogP contribution in [0.3, 0.4) is 0 Å². The Hall–Kier alpha value is -1.60. The number of hydrogen-bond donors (Lipinski definition) is 2. The molecule has 4 nitrogen and oxygen atoms in total. The minimum atomic E-state index is -3.76. The quantitative estimate of drug-likeness (QED) is 0.852. The molecule has 7 heteroatoms. The highest BCUT2D eigenvalue weighted by Crippen LogP contribution is 2.25. The number of nitrogens with two attached hydrogens (primary N) is 1. The number of hydrogen-bond acceptors (Lipinski definition) is 4. The first-order chi connectivity index (χ1) is 8.38. The SMILES string of the molecule is Cc1ccc(S(=O)(=O)Nc2cc(N)ccc2F)s1. The second kappa shape index (κ2) is 4.58. The van der Waals surface area contributed by atoms with Crippen LogP contribution in [0.25, 0.3) is 0 Å². The van der Waals surface area contributed by atoms with Gasteiger partial charge in [-0.15, -0.1) is 11.3 Å². The number of sulfonamides is 1. The van der Waals surface area contributed by atoms with Crippen LogP contribution in [0.2, 0.25) is 0 Å². The van der Waals surface area contributed by atoms with Gasteiger partial charge in [-0.1, -0.05) is 0 Å². The van der Waals surface area contributed by atoms with Crippen molar-refractivity contribution in [1.82, 2.24) is 0 Å². The lowest BCUT2D eigenvalue weighted by atomic mass is 10.3. The Bertz CT molecular complexity index is 680. The van der Waals surface area contributed by atoms with Crippen LogP contribution < -0.4 is 10.5 Å². The molecule has 0 aliphatic heterocycles. The molecule has 18 heavy (non-hydrogen) atoms. The van der Waals surface area contributed by atoms with Crippen molar-refractivity contribution in [2.45, 2.75) is 11.1 Å². The van der Waals surface area contributed by atoms with Gasteiger partial charge in [0.1, 0.15) is 10.0 Å². The summed E-state index contributed by atoms with van der Waals surface area (Å²) in [6, 6.07) is 6.89. The van der Waals surface area contributed by atoms with E-state index >= 15 is 0 Å². The maximum absolute atomic E-state index is 13.4. The third-order valence-corrected chi connectivity index (χ3v) is 5.07. The fourth-order valence-electron chi connectivity index (χ4n) is 1.37. The van der Waals surface area contributed by atoms with Gasteiger partial charge in [0.2, 0.25) is 0 Å². The molecule has 0 unspecified atom stereocenters. The highest BCUT2D eigenvalue weighted by Gasteiger charge is 2.18. The fraction of sp³-hybridized carbons (Fsp3) is 0.0909. The smallest absolute Gasteiger partial charge is 0.271 e. The summed E-state index contributed by atoms with van der Waals surface area (Å²) >= 11 is 1.12. The molecule has 3 N–H and O–H groups in total. The van der Waals surface area contributed by atoms with Gasteiger partial charge in [0.05, 0.1) is 5.69 Å². The van der Waals surface area contributed by atoms with Crippen LogP contribution in [0.1, 0.15) is 4.88 Å². The predicted octanol–water partition coefficient (Wildman–Crippen LogP) is 2.58.